The van der Waals surface area contributed by atoms with Crippen LogP contribution in [0.25, 0.3) is 5.76 Å². The van der Waals surface area contributed by atoms with E-state index in [2.05, 4.69) is 0 Å². The van der Waals surface area contributed by atoms with E-state index in [1.54, 1.807) is 25.1 Å². The summed E-state index contributed by atoms with van der Waals surface area (Å²) in [6.45, 7) is 1.91. The van der Waals surface area contributed by atoms with Crippen molar-refractivity contribution in [1.29, 1.82) is 0 Å². The molecule has 1 aliphatic rings. The second kappa shape index (κ2) is 8.03. The first-order chi connectivity index (χ1) is 13.7. The Morgan fingerprint density at radius 2 is 1.86 bits per heavy atom. The highest BCUT2D eigenvalue weighted by atomic mass is 32.2. The lowest BCUT2D eigenvalue weighted by Gasteiger charge is -2.32. The van der Waals surface area contributed by atoms with Gasteiger partial charge < -0.3 is 13.9 Å². The molecule has 0 N–H and O–H groups in total. The minimum absolute atomic E-state index is 0.0833. The maximum absolute atomic E-state index is 13.1. The fourth-order valence-corrected chi connectivity index (χ4v) is 4.58. The molecule has 0 saturated heterocycles. The Morgan fingerprint density at radius 1 is 1.17 bits per heavy atom. The van der Waals surface area contributed by atoms with Gasteiger partial charge in [-0.2, -0.15) is 13.2 Å². The van der Waals surface area contributed by atoms with Crippen LogP contribution in [-0.4, -0.2) is 32.6 Å². The monoisotopic (exact) mass is 430 g/mol. The lowest BCUT2D eigenvalue weighted by Crippen LogP contribution is -2.37. The van der Waals surface area contributed by atoms with Gasteiger partial charge in [0.25, 0.3) is 0 Å². The Balaban J connectivity index is 2.28. The molecule has 2 atom stereocenters. The Bertz CT molecular complexity index is 994. The number of furan rings is 1. The number of hydrogen-bond acceptors (Lipinski definition) is 6. The smallest absolute Gasteiger partial charge is 0.466 e. The summed E-state index contributed by atoms with van der Waals surface area (Å²) in [4.78, 5) is 11.0. The van der Waals surface area contributed by atoms with Crippen molar-refractivity contribution in [3.63, 3.8) is 0 Å². The van der Waals surface area contributed by atoms with Crippen molar-refractivity contribution < 1.29 is 40.3 Å². The van der Waals surface area contributed by atoms with E-state index in [0.717, 1.165) is 0 Å². The summed E-state index contributed by atoms with van der Waals surface area (Å²) < 4.78 is 81.1. The predicted octanol–water partition coefficient (Wildman–Crippen LogP) is 4.02. The molecule has 2 aromatic rings. The van der Waals surface area contributed by atoms with E-state index in [1.807, 2.05) is 0 Å². The van der Waals surface area contributed by atoms with Crippen LogP contribution >= 0.6 is 0 Å². The van der Waals surface area contributed by atoms with Gasteiger partial charge in [-0.25, -0.2) is 8.42 Å². The molecule has 29 heavy (non-hydrogen) atoms. The van der Waals surface area contributed by atoms with Crippen LogP contribution in [0.4, 0.5) is 13.2 Å². The average molecular weight is 430 g/mol. The number of rotatable bonds is 5. The van der Waals surface area contributed by atoms with Gasteiger partial charge in [0.15, 0.2) is 0 Å². The fraction of sp³-hybridized carbons (Fsp3) is 0.316. The third kappa shape index (κ3) is 4.23. The zero-order chi connectivity index (χ0) is 21.2. The summed E-state index contributed by atoms with van der Waals surface area (Å²) in [6, 6.07) is 10.6. The minimum Gasteiger partial charge on any atom is -0.469 e. The summed E-state index contributed by atoms with van der Waals surface area (Å²) in [5, 5.41) is -2.86. The molecule has 0 aliphatic carbocycles. The van der Waals surface area contributed by atoms with Gasteiger partial charge in [-0.05, 0) is 19.1 Å². The van der Waals surface area contributed by atoms with Gasteiger partial charge in [0.05, 0.1) is 12.2 Å². The third-order valence-corrected chi connectivity index (χ3v) is 6.03. The molecule has 0 saturated carbocycles. The highest BCUT2D eigenvalue weighted by Crippen LogP contribution is 2.45. The molecular weight excluding hydrogens is 413 g/mol. The highest BCUT2D eigenvalue weighted by molar-refractivity contribution is 8.09. The highest BCUT2D eigenvalue weighted by Gasteiger charge is 2.53. The zero-order valence-electron chi connectivity index (χ0n) is 15.2. The maximum atomic E-state index is 13.1. The first kappa shape index (κ1) is 21.1. The van der Waals surface area contributed by atoms with Gasteiger partial charge >= 0.3 is 11.3 Å². The van der Waals surface area contributed by atoms with Gasteiger partial charge in [-0.15, -0.1) is 0 Å². The summed E-state index contributed by atoms with van der Waals surface area (Å²) in [5.41, 5.74) is 0.196. The molecule has 0 amide bonds. The topological polar surface area (TPSA) is 82.8 Å². The number of ether oxygens (including phenoxy) is 2. The quantitative estimate of drug-likeness (QED) is 0.713. The van der Waals surface area contributed by atoms with E-state index in [1.165, 1.54) is 30.5 Å². The van der Waals surface area contributed by atoms with Crippen LogP contribution in [0.5, 0.6) is 0 Å². The summed E-state index contributed by atoms with van der Waals surface area (Å²) in [5.74, 6) is -1.48. The van der Waals surface area contributed by atoms with Gasteiger partial charge in [0.2, 0.25) is 16.1 Å². The van der Waals surface area contributed by atoms with Crippen molar-refractivity contribution in [3.05, 3.63) is 65.0 Å². The molecule has 1 aromatic heterocycles. The lowest BCUT2D eigenvalue weighted by atomic mass is 9.96. The number of sulfone groups is 1. The van der Waals surface area contributed by atoms with Crippen LogP contribution < -0.4 is 0 Å². The van der Waals surface area contributed by atoms with E-state index < -0.39 is 38.2 Å². The molecule has 156 valence electrons. The molecule has 10 heteroatoms. The first-order valence-corrected chi connectivity index (χ1v) is 10.1. The third-order valence-electron chi connectivity index (χ3n) is 4.26. The lowest BCUT2D eigenvalue weighted by molar-refractivity contribution is -0.161. The molecule has 1 aliphatic heterocycles. The fourth-order valence-electron chi connectivity index (χ4n) is 3.08. The first-order valence-electron chi connectivity index (χ1n) is 8.63. The molecule has 0 bridgehead atoms. The van der Waals surface area contributed by atoms with Gasteiger partial charge in [0.1, 0.15) is 16.4 Å². The Labute approximate surface area is 164 Å². The van der Waals surface area contributed by atoms with Crippen LogP contribution in [0.3, 0.4) is 0 Å². The predicted molar refractivity (Wildman–Crippen MR) is 95.9 cm³/mol. The van der Waals surface area contributed by atoms with E-state index in [-0.39, 0.29) is 30.1 Å². The number of halogens is 3. The number of allylic oxidation sites excluding steroid dienone is 1. The molecule has 1 aromatic carbocycles. The zero-order valence-corrected chi connectivity index (χ0v) is 16.0. The SMILES string of the molecule is CCOC1CC(c2ccco2)C(S(=O)(=O)C(=O)C(F)(F)F)=C(c2ccccc2)O1. The van der Waals surface area contributed by atoms with Crippen LogP contribution in [-0.2, 0) is 24.1 Å². The summed E-state index contributed by atoms with van der Waals surface area (Å²) >= 11 is 0. The van der Waals surface area contributed by atoms with E-state index in [4.69, 9.17) is 13.9 Å². The largest absolute Gasteiger partial charge is 0.469 e. The second-order valence-electron chi connectivity index (χ2n) is 6.15. The molecule has 3 rings (SSSR count). The number of carbonyl (C=O) groups is 1. The Hall–Kier alpha value is -2.59. The van der Waals surface area contributed by atoms with Gasteiger partial charge in [-0.3, -0.25) is 4.79 Å². The molecule has 0 fully saturated rings. The standard InChI is InChI=1S/C19H17F3O6S/c1-2-26-15-11-13(14-9-6-10-27-14)17(29(24,25)18(23)19(20,21)22)16(28-15)12-7-4-3-5-8-12/h3-10,13,15H,2,11H2,1H3. The van der Waals surface area contributed by atoms with E-state index in [9.17, 15) is 26.4 Å². The Kier molecular flexibility index (Phi) is 5.85. The molecule has 6 nitrogen and oxygen atoms in total. The van der Waals surface area contributed by atoms with Crippen molar-refractivity contribution in [1.82, 2.24) is 0 Å². The normalized spacial score (nSPS) is 20.4. The van der Waals surface area contributed by atoms with Crippen molar-refractivity contribution >= 4 is 20.7 Å². The van der Waals surface area contributed by atoms with Crippen molar-refractivity contribution in [2.24, 2.45) is 0 Å². The van der Waals surface area contributed by atoms with E-state index >= 15 is 0 Å². The van der Waals surface area contributed by atoms with Crippen molar-refractivity contribution in [3.8, 4) is 0 Å². The van der Waals surface area contributed by atoms with Crippen LogP contribution in [0.2, 0.25) is 0 Å². The minimum atomic E-state index is -5.57. The van der Waals surface area contributed by atoms with Crippen LogP contribution in [0, 0.1) is 0 Å². The number of alkyl halides is 3. The number of carbonyl (C=O) groups excluding carboxylic acids is 1. The van der Waals surface area contributed by atoms with Gasteiger partial charge in [-0.1, -0.05) is 30.3 Å². The molecular formula is C19H17F3O6S. The molecule has 0 spiro atoms. The van der Waals surface area contributed by atoms with Crippen LogP contribution in [0.1, 0.15) is 30.6 Å². The van der Waals surface area contributed by atoms with Crippen molar-refractivity contribution in [2.45, 2.75) is 31.7 Å². The van der Waals surface area contributed by atoms with E-state index in [0.29, 0.717) is 0 Å². The Morgan fingerprint density at radius 3 is 2.41 bits per heavy atom. The molecule has 2 heterocycles. The maximum Gasteiger partial charge on any atom is 0.466 e. The average Bonchev–Trinajstić information content (AvgIpc) is 3.21. The summed E-state index contributed by atoms with van der Waals surface area (Å²) in [7, 11) is -5.46. The molecule has 0 radical (unpaired) electrons. The second-order valence-corrected chi connectivity index (χ2v) is 7.97. The van der Waals surface area contributed by atoms with Crippen molar-refractivity contribution in [2.75, 3.05) is 6.61 Å². The number of benzene rings is 1. The number of hydrogen-bond donors (Lipinski definition) is 0. The summed E-state index contributed by atoms with van der Waals surface area (Å²) in [6.07, 6.45) is -5.39. The van der Waals surface area contributed by atoms with Gasteiger partial charge in [0, 0.05) is 18.6 Å². The molecule has 2 unspecified atom stereocenters. The van der Waals surface area contributed by atoms with Crippen LogP contribution in [0.15, 0.2) is 58.1 Å².